The van der Waals surface area contributed by atoms with E-state index in [1.165, 1.54) is 0 Å². The molecule has 0 atom stereocenters. The summed E-state index contributed by atoms with van der Waals surface area (Å²) in [6, 6.07) is 11.2. The first kappa shape index (κ1) is 9.68. The maximum atomic E-state index is 11.4. The van der Waals surface area contributed by atoms with Crippen LogP contribution in [0, 0.1) is 6.92 Å². The summed E-state index contributed by atoms with van der Waals surface area (Å²) in [6.45, 7) is 1.80. The predicted molar refractivity (Wildman–Crippen MR) is 56.7 cm³/mol. The van der Waals surface area contributed by atoms with Gasteiger partial charge in [-0.25, -0.2) is 4.79 Å². The van der Waals surface area contributed by atoms with E-state index in [1.54, 1.807) is 6.92 Å². The molecule has 0 radical (unpaired) electrons. The quantitative estimate of drug-likeness (QED) is 0.571. The Balaban J connectivity index is 2.79. The minimum atomic E-state index is -0.718. The number of hydrogen-bond acceptors (Lipinski definition) is 3. The Morgan fingerprint density at radius 1 is 1.20 bits per heavy atom. The Hall–Kier alpha value is -1.87. The number of carbonyl (C=O) groups is 1. The molecule has 0 saturated heterocycles. The molecule has 0 amide bonds. The van der Waals surface area contributed by atoms with Crippen molar-refractivity contribution >= 4 is 16.7 Å². The summed E-state index contributed by atoms with van der Waals surface area (Å²) in [7, 11) is 0. The second-order valence-corrected chi connectivity index (χ2v) is 3.36. The standard InChI is InChI=1S/C12H10O3/c1-8-6-7-9-4-2-3-5-10(9)11(8)12(13)15-14/h2-7,14H,1H3. The van der Waals surface area contributed by atoms with Gasteiger partial charge in [-0.15, -0.1) is 0 Å². The van der Waals surface area contributed by atoms with Crippen molar-refractivity contribution in [2.24, 2.45) is 0 Å². The van der Waals surface area contributed by atoms with E-state index in [9.17, 15) is 4.79 Å². The third-order valence-corrected chi connectivity index (χ3v) is 2.42. The van der Waals surface area contributed by atoms with Gasteiger partial charge in [-0.05, 0) is 23.3 Å². The number of fused-ring (bicyclic) bond motifs is 1. The van der Waals surface area contributed by atoms with Gasteiger partial charge in [0.2, 0.25) is 0 Å². The highest BCUT2D eigenvalue weighted by Crippen LogP contribution is 2.22. The number of aryl methyl sites for hydroxylation is 1. The van der Waals surface area contributed by atoms with Crippen LogP contribution in [-0.2, 0) is 4.89 Å². The van der Waals surface area contributed by atoms with Crippen LogP contribution in [0.3, 0.4) is 0 Å². The summed E-state index contributed by atoms with van der Waals surface area (Å²) in [5.74, 6) is -0.718. The van der Waals surface area contributed by atoms with Crippen molar-refractivity contribution in [3.05, 3.63) is 47.5 Å². The maximum Gasteiger partial charge on any atom is 0.373 e. The van der Waals surface area contributed by atoms with Gasteiger partial charge in [0.15, 0.2) is 0 Å². The van der Waals surface area contributed by atoms with Gasteiger partial charge in [-0.3, -0.25) is 4.89 Å². The topological polar surface area (TPSA) is 46.5 Å². The lowest BCUT2D eigenvalue weighted by molar-refractivity contribution is -0.182. The number of benzene rings is 2. The maximum absolute atomic E-state index is 11.4. The first-order valence-corrected chi connectivity index (χ1v) is 4.58. The van der Waals surface area contributed by atoms with E-state index in [0.717, 1.165) is 16.3 Å². The zero-order valence-electron chi connectivity index (χ0n) is 8.23. The first-order valence-electron chi connectivity index (χ1n) is 4.58. The molecule has 2 aromatic carbocycles. The smallest absolute Gasteiger partial charge is 0.295 e. The molecule has 0 saturated carbocycles. The second-order valence-electron chi connectivity index (χ2n) is 3.36. The van der Waals surface area contributed by atoms with Gasteiger partial charge < -0.3 is 0 Å². The third-order valence-electron chi connectivity index (χ3n) is 2.42. The Kier molecular flexibility index (Phi) is 2.39. The molecule has 3 heteroatoms. The van der Waals surface area contributed by atoms with Crippen molar-refractivity contribution in [2.75, 3.05) is 0 Å². The minimum absolute atomic E-state index is 0.413. The van der Waals surface area contributed by atoms with Gasteiger partial charge in [-0.2, -0.15) is 5.26 Å². The monoisotopic (exact) mass is 202 g/mol. The average Bonchev–Trinajstić information content (AvgIpc) is 2.28. The lowest BCUT2D eigenvalue weighted by atomic mass is 10.00. The largest absolute Gasteiger partial charge is 0.373 e. The minimum Gasteiger partial charge on any atom is -0.295 e. The molecule has 2 aromatic rings. The molecule has 15 heavy (non-hydrogen) atoms. The third kappa shape index (κ3) is 1.57. The molecule has 0 unspecified atom stereocenters. The van der Waals surface area contributed by atoms with Crippen LogP contribution in [0.2, 0.25) is 0 Å². The van der Waals surface area contributed by atoms with Crippen LogP contribution >= 0.6 is 0 Å². The summed E-state index contributed by atoms with van der Waals surface area (Å²) in [6.07, 6.45) is 0. The van der Waals surface area contributed by atoms with Crippen molar-refractivity contribution in [1.82, 2.24) is 0 Å². The summed E-state index contributed by atoms with van der Waals surface area (Å²) in [5.41, 5.74) is 1.20. The first-order chi connectivity index (χ1) is 7.24. The Morgan fingerprint density at radius 2 is 1.93 bits per heavy atom. The molecule has 0 bridgehead atoms. The number of hydrogen-bond donors (Lipinski definition) is 1. The molecule has 0 heterocycles. The van der Waals surface area contributed by atoms with Gasteiger partial charge >= 0.3 is 5.97 Å². The van der Waals surface area contributed by atoms with Gasteiger partial charge in [0.1, 0.15) is 0 Å². The van der Waals surface area contributed by atoms with E-state index in [4.69, 9.17) is 5.26 Å². The lowest BCUT2D eigenvalue weighted by Gasteiger charge is -2.06. The lowest BCUT2D eigenvalue weighted by Crippen LogP contribution is -2.04. The fourth-order valence-electron chi connectivity index (χ4n) is 1.70. The second kappa shape index (κ2) is 3.71. The predicted octanol–water partition coefficient (Wildman–Crippen LogP) is 2.78. The number of carbonyl (C=O) groups excluding carboxylic acids is 1. The van der Waals surface area contributed by atoms with E-state index in [2.05, 4.69) is 4.89 Å². The average molecular weight is 202 g/mol. The van der Waals surface area contributed by atoms with E-state index >= 15 is 0 Å². The molecule has 3 nitrogen and oxygen atoms in total. The van der Waals surface area contributed by atoms with Crippen molar-refractivity contribution in [3.8, 4) is 0 Å². The van der Waals surface area contributed by atoms with Crippen molar-refractivity contribution in [3.63, 3.8) is 0 Å². The highest BCUT2D eigenvalue weighted by atomic mass is 17.1. The van der Waals surface area contributed by atoms with Crippen LogP contribution in [0.1, 0.15) is 15.9 Å². The molecule has 0 aromatic heterocycles. The van der Waals surface area contributed by atoms with Crippen LogP contribution in [0.25, 0.3) is 10.8 Å². The molecule has 0 aliphatic carbocycles. The van der Waals surface area contributed by atoms with E-state index < -0.39 is 5.97 Å². The molecule has 0 spiro atoms. The van der Waals surface area contributed by atoms with E-state index in [-0.39, 0.29) is 0 Å². The normalized spacial score (nSPS) is 10.3. The van der Waals surface area contributed by atoms with Gasteiger partial charge in [0.25, 0.3) is 0 Å². The van der Waals surface area contributed by atoms with Crippen LogP contribution in [0.4, 0.5) is 0 Å². The molecule has 0 fully saturated rings. The van der Waals surface area contributed by atoms with Crippen molar-refractivity contribution in [2.45, 2.75) is 6.92 Å². The van der Waals surface area contributed by atoms with Crippen molar-refractivity contribution in [1.29, 1.82) is 0 Å². The van der Waals surface area contributed by atoms with Crippen LogP contribution < -0.4 is 0 Å². The Labute approximate surface area is 86.8 Å². The van der Waals surface area contributed by atoms with Crippen LogP contribution in [0.15, 0.2) is 36.4 Å². The SMILES string of the molecule is Cc1ccc2ccccc2c1C(=O)OO. The number of rotatable bonds is 1. The van der Waals surface area contributed by atoms with Gasteiger partial charge in [0.05, 0.1) is 5.56 Å². The van der Waals surface area contributed by atoms with Crippen LogP contribution in [0.5, 0.6) is 0 Å². The van der Waals surface area contributed by atoms with E-state index in [1.807, 2.05) is 36.4 Å². The molecule has 0 aliphatic heterocycles. The summed E-state index contributed by atoms with van der Waals surface area (Å²) in [5, 5.41) is 10.2. The fourth-order valence-corrected chi connectivity index (χ4v) is 1.70. The molecule has 1 N–H and O–H groups in total. The van der Waals surface area contributed by atoms with E-state index in [0.29, 0.717) is 5.56 Å². The highest BCUT2D eigenvalue weighted by molar-refractivity contribution is 6.05. The van der Waals surface area contributed by atoms with Crippen LogP contribution in [-0.4, -0.2) is 11.2 Å². The summed E-state index contributed by atoms with van der Waals surface area (Å²) in [4.78, 5) is 15.2. The molecule has 76 valence electrons. The summed E-state index contributed by atoms with van der Waals surface area (Å²) >= 11 is 0. The van der Waals surface area contributed by atoms with Gasteiger partial charge in [-0.1, -0.05) is 36.4 Å². The zero-order chi connectivity index (χ0) is 10.8. The molecular weight excluding hydrogens is 192 g/mol. The molecule has 2 rings (SSSR count). The summed E-state index contributed by atoms with van der Waals surface area (Å²) < 4.78 is 0. The fraction of sp³-hybridized carbons (Fsp3) is 0.0833. The zero-order valence-corrected chi connectivity index (χ0v) is 8.23. The molecule has 0 aliphatic rings. The van der Waals surface area contributed by atoms with Crippen molar-refractivity contribution < 1.29 is 14.9 Å². The Bertz CT molecular complexity index is 517. The highest BCUT2D eigenvalue weighted by Gasteiger charge is 2.13. The van der Waals surface area contributed by atoms with Gasteiger partial charge in [0, 0.05) is 0 Å². The molecular formula is C12H10O3. The Morgan fingerprint density at radius 3 is 2.67 bits per heavy atom.